The van der Waals surface area contributed by atoms with E-state index in [2.05, 4.69) is 40.7 Å². The van der Waals surface area contributed by atoms with Crippen molar-refractivity contribution in [2.24, 2.45) is 7.05 Å². The van der Waals surface area contributed by atoms with Gasteiger partial charge in [-0.3, -0.25) is 4.90 Å². The van der Waals surface area contributed by atoms with E-state index in [1.807, 2.05) is 12.4 Å². The largest absolute Gasteiger partial charge is 0.338 e. The maximum Gasteiger partial charge on any atom is 0.109 e. The van der Waals surface area contributed by atoms with Crippen LogP contribution in [0.15, 0.2) is 12.4 Å². The van der Waals surface area contributed by atoms with E-state index in [9.17, 15) is 0 Å². The van der Waals surface area contributed by atoms with Gasteiger partial charge in [-0.05, 0) is 26.8 Å². The average Bonchev–Trinajstić information content (AvgIpc) is 2.62. The first-order valence-electron chi connectivity index (χ1n) is 6.60. The maximum atomic E-state index is 4.39. The second-order valence-electron chi connectivity index (χ2n) is 5.19. The fraction of sp³-hybridized carbons (Fsp3) is 0.769. The first-order chi connectivity index (χ1) is 8.16. The van der Waals surface area contributed by atoms with E-state index < -0.39 is 0 Å². The zero-order valence-electron chi connectivity index (χ0n) is 11.2. The van der Waals surface area contributed by atoms with Gasteiger partial charge in [-0.2, -0.15) is 0 Å². The predicted octanol–water partition coefficient (Wildman–Crippen LogP) is 1.03. The normalized spacial score (nSPS) is 27.0. The average molecular weight is 236 g/mol. The minimum absolute atomic E-state index is 0.598. The summed E-state index contributed by atoms with van der Waals surface area (Å²) in [6, 6.07) is 1.27. The van der Waals surface area contributed by atoms with Gasteiger partial charge in [0, 0.05) is 51.0 Å². The summed E-state index contributed by atoms with van der Waals surface area (Å²) < 4.78 is 2.12. The van der Waals surface area contributed by atoms with Crippen molar-refractivity contribution >= 4 is 0 Å². The van der Waals surface area contributed by atoms with Gasteiger partial charge in [0.25, 0.3) is 0 Å². The molecule has 1 aromatic rings. The summed E-state index contributed by atoms with van der Waals surface area (Å²) in [5.41, 5.74) is 0. The lowest BCUT2D eigenvalue weighted by molar-refractivity contribution is 0.208. The molecule has 1 aliphatic rings. The van der Waals surface area contributed by atoms with E-state index in [0.717, 1.165) is 26.1 Å². The molecule has 1 N–H and O–H groups in total. The lowest BCUT2D eigenvalue weighted by Crippen LogP contribution is -2.39. The number of imidazole rings is 1. The standard InChI is InChI=1S/C13H24N4/c1-11-10-17(12(2)4-6-14-11)8-5-13-15-7-9-16(13)3/h7,9,11-12,14H,4-6,8,10H2,1-3H3. The Kier molecular flexibility index (Phi) is 4.18. The third-order valence-electron chi connectivity index (χ3n) is 3.73. The lowest BCUT2D eigenvalue weighted by atomic mass is 10.2. The molecule has 4 heteroatoms. The lowest BCUT2D eigenvalue weighted by Gasteiger charge is -2.27. The Balaban J connectivity index is 1.90. The van der Waals surface area contributed by atoms with Gasteiger partial charge in [0.05, 0.1) is 0 Å². The molecular formula is C13H24N4. The summed E-state index contributed by atoms with van der Waals surface area (Å²) in [6.07, 6.45) is 6.18. The van der Waals surface area contributed by atoms with Crippen LogP contribution in [0.5, 0.6) is 0 Å². The van der Waals surface area contributed by atoms with E-state index in [-0.39, 0.29) is 0 Å². The molecule has 2 rings (SSSR count). The van der Waals surface area contributed by atoms with E-state index in [0.29, 0.717) is 12.1 Å². The van der Waals surface area contributed by atoms with Crippen molar-refractivity contribution in [3.05, 3.63) is 18.2 Å². The molecule has 17 heavy (non-hydrogen) atoms. The Morgan fingerprint density at radius 3 is 3.00 bits per heavy atom. The van der Waals surface area contributed by atoms with Crippen molar-refractivity contribution in [3.63, 3.8) is 0 Å². The molecule has 2 heterocycles. The van der Waals surface area contributed by atoms with Gasteiger partial charge in [0.2, 0.25) is 0 Å². The maximum absolute atomic E-state index is 4.39. The summed E-state index contributed by atoms with van der Waals surface area (Å²) in [5.74, 6) is 1.18. The smallest absolute Gasteiger partial charge is 0.109 e. The minimum Gasteiger partial charge on any atom is -0.338 e. The monoisotopic (exact) mass is 236 g/mol. The van der Waals surface area contributed by atoms with Crippen LogP contribution in [0.4, 0.5) is 0 Å². The Bertz CT molecular complexity index is 347. The molecule has 1 aliphatic heterocycles. The number of nitrogens with zero attached hydrogens (tertiary/aromatic N) is 3. The summed E-state index contributed by atoms with van der Waals surface area (Å²) in [6.45, 7) is 7.99. The highest BCUT2D eigenvalue weighted by Gasteiger charge is 2.20. The van der Waals surface area contributed by atoms with Crippen molar-refractivity contribution in [3.8, 4) is 0 Å². The highest BCUT2D eigenvalue weighted by Crippen LogP contribution is 2.10. The zero-order valence-corrected chi connectivity index (χ0v) is 11.2. The van der Waals surface area contributed by atoms with Crippen molar-refractivity contribution in [1.82, 2.24) is 19.8 Å². The first kappa shape index (κ1) is 12.6. The van der Waals surface area contributed by atoms with Gasteiger partial charge >= 0.3 is 0 Å². The van der Waals surface area contributed by atoms with E-state index in [1.165, 1.54) is 12.2 Å². The van der Waals surface area contributed by atoms with Gasteiger partial charge in [0.1, 0.15) is 5.82 Å². The van der Waals surface area contributed by atoms with Crippen molar-refractivity contribution in [1.29, 1.82) is 0 Å². The van der Waals surface area contributed by atoms with Crippen molar-refractivity contribution in [2.75, 3.05) is 19.6 Å². The minimum atomic E-state index is 0.598. The number of aryl methyl sites for hydroxylation is 1. The van der Waals surface area contributed by atoms with Gasteiger partial charge < -0.3 is 9.88 Å². The number of rotatable bonds is 3. The van der Waals surface area contributed by atoms with Gasteiger partial charge in [-0.1, -0.05) is 0 Å². The van der Waals surface area contributed by atoms with Crippen LogP contribution in [0.2, 0.25) is 0 Å². The molecule has 1 saturated heterocycles. The van der Waals surface area contributed by atoms with Crippen LogP contribution >= 0.6 is 0 Å². The summed E-state index contributed by atoms with van der Waals surface area (Å²) >= 11 is 0. The van der Waals surface area contributed by atoms with Crippen LogP contribution in [0, 0.1) is 0 Å². The Morgan fingerprint density at radius 1 is 1.47 bits per heavy atom. The molecular weight excluding hydrogens is 212 g/mol. The Labute approximate surface area is 104 Å². The summed E-state index contributed by atoms with van der Waals surface area (Å²) in [4.78, 5) is 6.97. The molecule has 0 aliphatic carbocycles. The first-order valence-corrected chi connectivity index (χ1v) is 6.60. The Hall–Kier alpha value is -0.870. The van der Waals surface area contributed by atoms with E-state index >= 15 is 0 Å². The highest BCUT2D eigenvalue weighted by atomic mass is 15.2. The predicted molar refractivity (Wildman–Crippen MR) is 70.0 cm³/mol. The highest BCUT2D eigenvalue weighted by molar-refractivity contribution is 4.92. The molecule has 1 aromatic heterocycles. The number of aromatic nitrogens is 2. The third-order valence-corrected chi connectivity index (χ3v) is 3.73. The molecule has 0 radical (unpaired) electrons. The number of hydrogen-bond donors (Lipinski definition) is 1. The van der Waals surface area contributed by atoms with E-state index in [1.54, 1.807) is 0 Å². The second-order valence-corrected chi connectivity index (χ2v) is 5.19. The number of hydrogen-bond acceptors (Lipinski definition) is 3. The molecule has 2 atom stereocenters. The molecule has 4 nitrogen and oxygen atoms in total. The van der Waals surface area contributed by atoms with Crippen LogP contribution < -0.4 is 5.32 Å². The third kappa shape index (κ3) is 3.30. The molecule has 0 amide bonds. The van der Waals surface area contributed by atoms with Crippen LogP contribution in [0.3, 0.4) is 0 Å². The van der Waals surface area contributed by atoms with Crippen LogP contribution in [0.1, 0.15) is 26.1 Å². The molecule has 0 aromatic carbocycles. The van der Waals surface area contributed by atoms with Crippen molar-refractivity contribution in [2.45, 2.75) is 38.8 Å². The molecule has 1 fully saturated rings. The van der Waals surface area contributed by atoms with Gasteiger partial charge in [-0.25, -0.2) is 4.98 Å². The quantitative estimate of drug-likeness (QED) is 0.851. The van der Waals surface area contributed by atoms with Crippen LogP contribution in [-0.2, 0) is 13.5 Å². The molecule has 96 valence electrons. The summed E-state index contributed by atoms with van der Waals surface area (Å²) in [7, 11) is 2.07. The van der Waals surface area contributed by atoms with Crippen molar-refractivity contribution < 1.29 is 0 Å². The molecule has 2 unspecified atom stereocenters. The fourth-order valence-electron chi connectivity index (χ4n) is 2.51. The summed E-state index contributed by atoms with van der Waals surface area (Å²) in [5, 5.41) is 3.55. The fourth-order valence-corrected chi connectivity index (χ4v) is 2.51. The second kappa shape index (κ2) is 5.65. The Morgan fingerprint density at radius 2 is 2.29 bits per heavy atom. The molecule has 0 spiro atoms. The molecule has 0 saturated carbocycles. The molecule has 0 bridgehead atoms. The van der Waals surface area contributed by atoms with Crippen LogP contribution in [0.25, 0.3) is 0 Å². The SMILES string of the molecule is CC1CN(CCc2nccn2C)C(C)CCN1. The van der Waals surface area contributed by atoms with E-state index in [4.69, 9.17) is 0 Å². The van der Waals surface area contributed by atoms with Gasteiger partial charge in [0.15, 0.2) is 0 Å². The topological polar surface area (TPSA) is 33.1 Å². The number of nitrogens with one attached hydrogen (secondary N) is 1. The van der Waals surface area contributed by atoms with Crippen LogP contribution in [-0.4, -0.2) is 46.2 Å². The van der Waals surface area contributed by atoms with Gasteiger partial charge in [-0.15, -0.1) is 0 Å². The zero-order chi connectivity index (χ0) is 12.3.